The molecule has 1 aliphatic rings. The molecule has 2 aromatic heterocycles. The van der Waals surface area contributed by atoms with Gasteiger partial charge in [-0.05, 0) is 42.8 Å². The molecule has 128 valence electrons. The first-order chi connectivity index (χ1) is 12.8. The molecule has 3 aromatic rings. The molecule has 0 amide bonds. The van der Waals surface area contributed by atoms with Crippen molar-refractivity contribution in [1.29, 1.82) is 0 Å². The Morgan fingerprint density at radius 3 is 2.12 bits per heavy atom. The van der Waals surface area contributed by atoms with E-state index in [1.54, 1.807) is 0 Å². The molecule has 1 atom stereocenters. The van der Waals surface area contributed by atoms with E-state index in [1.165, 1.54) is 24.0 Å². The molecule has 0 fully saturated rings. The number of aromatic nitrogens is 2. The van der Waals surface area contributed by atoms with E-state index in [0.717, 1.165) is 17.9 Å². The number of pyridine rings is 2. The second-order valence-corrected chi connectivity index (χ2v) is 6.72. The molecule has 0 radical (unpaired) electrons. The van der Waals surface area contributed by atoms with E-state index in [4.69, 9.17) is 0 Å². The highest BCUT2D eigenvalue weighted by molar-refractivity contribution is 5.61. The number of rotatable bonds is 5. The molecule has 0 bridgehead atoms. The van der Waals surface area contributed by atoms with Crippen LogP contribution in [0.15, 0.2) is 90.5 Å². The Bertz CT molecular complexity index is 907. The van der Waals surface area contributed by atoms with E-state index in [-0.39, 0.29) is 0 Å². The summed E-state index contributed by atoms with van der Waals surface area (Å²) in [6.07, 6.45) is 15.7. The average Bonchev–Trinajstić information content (AvgIpc) is 3.22. The third-order valence-corrected chi connectivity index (χ3v) is 4.94. The van der Waals surface area contributed by atoms with Gasteiger partial charge in [-0.2, -0.15) is 4.57 Å². The number of allylic oxidation sites excluding steroid dienone is 2. The van der Waals surface area contributed by atoms with E-state index in [2.05, 4.69) is 82.0 Å². The molecule has 26 heavy (non-hydrogen) atoms. The summed E-state index contributed by atoms with van der Waals surface area (Å²) in [5.74, 6) is 0.684. The molecular weight excluding hydrogens is 318 g/mol. The van der Waals surface area contributed by atoms with Gasteiger partial charge in [0.1, 0.15) is 0 Å². The molecule has 0 aliphatic heterocycles. The Kier molecular flexibility index (Phi) is 4.69. The van der Waals surface area contributed by atoms with E-state index >= 15 is 0 Å². The van der Waals surface area contributed by atoms with E-state index in [1.807, 2.05) is 24.3 Å². The highest BCUT2D eigenvalue weighted by atomic mass is 14.9. The molecule has 0 N–H and O–H groups in total. The SMILES string of the molecule is C=Nc1ccc(-[n+]2ccc(-c3cc[n+](C[C@@H]4C=CCC4)cc3)cc2)cc1. The third kappa shape index (κ3) is 3.62. The summed E-state index contributed by atoms with van der Waals surface area (Å²) < 4.78 is 4.38. The topological polar surface area (TPSA) is 20.1 Å². The largest absolute Gasteiger partial charge is 0.265 e. The monoisotopic (exact) mass is 341 g/mol. The summed E-state index contributed by atoms with van der Waals surface area (Å²) in [7, 11) is 0. The fourth-order valence-electron chi connectivity index (χ4n) is 3.41. The quantitative estimate of drug-likeness (QED) is 0.376. The normalized spacial score (nSPS) is 15.9. The van der Waals surface area contributed by atoms with Gasteiger partial charge in [0.05, 0.1) is 5.69 Å². The zero-order valence-corrected chi connectivity index (χ0v) is 14.8. The van der Waals surface area contributed by atoms with Crippen LogP contribution in [0.2, 0.25) is 0 Å². The van der Waals surface area contributed by atoms with Crippen molar-refractivity contribution in [3.05, 3.63) is 85.5 Å². The van der Waals surface area contributed by atoms with Crippen molar-refractivity contribution in [3.63, 3.8) is 0 Å². The van der Waals surface area contributed by atoms with Gasteiger partial charge in [0.2, 0.25) is 5.69 Å². The minimum Gasteiger partial charge on any atom is -0.265 e. The maximum atomic E-state index is 3.93. The summed E-state index contributed by atoms with van der Waals surface area (Å²) in [5, 5.41) is 0. The summed E-state index contributed by atoms with van der Waals surface area (Å²) in [6, 6.07) is 16.7. The highest BCUT2D eigenvalue weighted by Crippen LogP contribution is 2.19. The first-order valence-corrected chi connectivity index (χ1v) is 9.06. The molecule has 2 heterocycles. The molecular formula is C23H23N3+2. The van der Waals surface area contributed by atoms with Crippen molar-refractivity contribution in [2.24, 2.45) is 10.9 Å². The van der Waals surface area contributed by atoms with Crippen molar-refractivity contribution < 1.29 is 9.13 Å². The molecule has 0 unspecified atom stereocenters. The van der Waals surface area contributed by atoms with Crippen molar-refractivity contribution in [1.82, 2.24) is 0 Å². The van der Waals surface area contributed by atoms with Crippen LogP contribution in [0.3, 0.4) is 0 Å². The molecule has 1 aliphatic carbocycles. The van der Waals surface area contributed by atoms with Gasteiger partial charge in [0.25, 0.3) is 0 Å². The van der Waals surface area contributed by atoms with Crippen LogP contribution in [-0.2, 0) is 6.54 Å². The number of hydrogen-bond acceptors (Lipinski definition) is 1. The maximum Gasteiger partial charge on any atom is 0.210 e. The molecule has 1 aromatic carbocycles. The van der Waals surface area contributed by atoms with Crippen LogP contribution in [-0.4, -0.2) is 6.72 Å². The van der Waals surface area contributed by atoms with Gasteiger partial charge in [0, 0.05) is 42.3 Å². The zero-order valence-electron chi connectivity index (χ0n) is 14.8. The van der Waals surface area contributed by atoms with E-state index in [0.29, 0.717) is 5.92 Å². The van der Waals surface area contributed by atoms with Gasteiger partial charge in [0.15, 0.2) is 31.3 Å². The average molecular weight is 341 g/mol. The lowest BCUT2D eigenvalue weighted by Crippen LogP contribution is -2.35. The van der Waals surface area contributed by atoms with Gasteiger partial charge in [-0.15, -0.1) is 0 Å². The Labute approximate surface area is 154 Å². The summed E-state index contributed by atoms with van der Waals surface area (Å²) in [4.78, 5) is 3.93. The Hall–Kier alpha value is -3.07. The predicted molar refractivity (Wildman–Crippen MR) is 105 cm³/mol. The second kappa shape index (κ2) is 7.44. The Morgan fingerprint density at radius 1 is 0.885 bits per heavy atom. The Morgan fingerprint density at radius 2 is 1.54 bits per heavy atom. The van der Waals surface area contributed by atoms with Crippen molar-refractivity contribution >= 4 is 12.4 Å². The van der Waals surface area contributed by atoms with Crippen LogP contribution in [0.1, 0.15) is 12.8 Å². The smallest absolute Gasteiger partial charge is 0.210 e. The molecule has 0 saturated heterocycles. The number of aliphatic imine (C=N–C) groups is 1. The minimum absolute atomic E-state index is 0.684. The van der Waals surface area contributed by atoms with E-state index < -0.39 is 0 Å². The lowest BCUT2D eigenvalue weighted by Gasteiger charge is -2.04. The predicted octanol–water partition coefficient (Wildman–Crippen LogP) is 4.22. The summed E-state index contributed by atoms with van der Waals surface area (Å²) in [6.45, 7) is 4.62. The molecule has 0 spiro atoms. The lowest BCUT2D eigenvalue weighted by atomic mass is 10.1. The molecule has 0 saturated carbocycles. The van der Waals surface area contributed by atoms with Crippen molar-refractivity contribution in [2.45, 2.75) is 19.4 Å². The zero-order chi connectivity index (χ0) is 17.8. The highest BCUT2D eigenvalue weighted by Gasteiger charge is 2.14. The van der Waals surface area contributed by atoms with Gasteiger partial charge in [-0.1, -0.05) is 12.2 Å². The second-order valence-electron chi connectivity index (χ2n) is 6.72. The van der Waals surface area contributed by atoms with E-state index in [9.17, 15) is 0 Å². The first-order valence-electron chi connectivity index (χ1n) is 9.06. The standard InChI is InChI=1S/C23H23N3/c1-24-22-6-8-23(9-7-22)26-16-12-21(13-17-26)20-10-14-25(15-11-20)18-19-4-2-3-5-19/h2,4,6-17,19H,1,3,5,18H2/q+2/t19-/m1/s1. The van der Waals surface area contributed by atoms with Crippen molar-refractivity contribution in [2.75, 3.05) is 0 Å². The fraction of sp³-hybridized carbons (Fsp3) is 0.174. The van der Waals surface area contributed by atoms with Crippen LogP contribution in [0.4, 0.5) is 5.69 Å². The van der Waals surface area contributed by atoms with Crippen LogP contribution in [0.25, 0.3) is 16.8 Å². The number of hydrogen-bond donors (Lipinski definition) is 0. The van der Waals surface area contributed by atoms with Crippen LogP contribution < -0.4 is 9.13 Å². The Balaban J connectivity index is 1.48. The first kappa shape index (κ1) is 16.4. The van der Waals surface area contributed by atoms with Crippen LogP contribution in [0.5, 0.6) is 0 Å². The van der Waals surface area contributed by atoms with Crippen LogP contribution in [0, 0.1) is 5.92 Å². The van der Waals surface area contributed by atoms with Gasteiger partial charge in [-0.25, -0.2) is 4.57 Å². The number of nitrogens with zero attached hydrogens (tertiary/aromatic N) is 3. The van der Waals surface area contributed by atoms with Gasteiger partial charge in [-0.3, -0.25) is 4.99 Å². The van der Waals surface area contributed by atoms with Crippen LogP contribution >= 0.6 is 0 Å². The fourth-order valence-corrected chi connectivity index (χ4v) is 3.41. The molecule has 3 nitrogen and oxygen atoms in total. The molecule has 4 rings (SSSR count). The molecule has 3 heteroatoms. The maximum absolute atomic E-state index is 3.93. The summed E-state index contributed by atoms with van der Waals surface area (Å²) in [5.41, 5.74) is 4.45. The van der Waals surface area contributed by atoms with Crippen molar-refractivity contribution in [3.8, 4) is 16.8 Å². The summed E-state index contributed by atoms with van der Waals surface area (Å²) >= 11 is 0. The minimum atomic E-state index is 0.684. The third-order valence-electron chi connectivity index (χ3n) is 4.94. The number of benzene rings is 1. The van der Waals surface area contributed by atoms with Gasteiger partial charge >= 0.3 is 0 Å². The lowest BCUT2D eigenvalue weighted by molar-refractivity contribution is -0.701. The van der Waals surface area contributed by atoms with Gasteiger partial charge < -0.3 is 0 Å².